The maximum absolute atomic E-state index is 5.75. The molecule has 2 rings (SSSR count). The number of aryl methyl sites for hydroxylation is 2. The first-order valence-electron chi connectivity index (χ1n) is 9.97. The largest absolute Gasteiger partial charge is 0.497 e. The monoisotopic (exact) mass is 516 g/mol. The van der Waals surface area contributed by atoms with Gasteiger partial charge in [-0.15, -0.1) is 24.0 Å². The van der Waals surface area contributed by atoms with E-state index < -0.39 is 0 Å². The lowest BCUT2D eigenvalue weighted by Crippen LogP contribution is -2.38. The molecule has 2 aromatic rings. The lowest BCUT2D eigenvalue weighted by atomic mass is 10.1. The van der Waals surface area contributed by atoms with Crippen molar-refractivity contribution in [3.8, 4) is 11.5 Å². The van der Waals surface area contributed by atoms with Crippen LogP contribution in [0.15, 0.2) is 33.8 Å². The summed E-state index contributed by atoms with van der Waals surface area (Å²) in [5.74, 6) is 3.38. The Morgan fingerprint density at radius 3 is 2.41 bits per heavy atom. The number of ether oxygens (including phenoxy) is 2. The summed E-state index contributed by atoms with van der Waals surface area (Å²) in [5.41, 5.74) is 2.09. The molecule has 0 unspecified atom stereocenters. The molecule has 0 radical (unpaired) electrons. The van der Waals surface area contributed by atoms with Crippen LogP contribution in [0.4, 0.5) is 0 Å². The maximum Gasteiger partial charge on any atom is 0.191 e. The zero-order chi connectivity index (χ0) is 20.2. The molecule has 0 amide bonds. The van der Waals surface area contributed by atoms with Crippen LogP contribution in [0.1, 0.15) is 44.2 Å². The predicted molar refractivity (Wildman–Crippen MR) is 127 cm³/mol. The second-order valence-electron chi connectivity index (χ2n) is 6.24. The summed E-state index contributed by atoms with van der Waals surface area (Å²) < 4.78 is 16.3. The minimum Gasteiger partial charge on any atom is -0.497 e. The van der Waals surface area contributed by atoms with Crippen LogP contribution in [0.2, 0.25) is 0 Å². The van der Waals surface area contributed by atoms with E-state index in [1.165, 1.54) is 0 Å². The van der Waals surface area contributed by atoms with Crippen molar-refractivity contribution in [3.05, 3.63) is 41.3 Å². The highest BCUT2D eigenvalue weighted by Gasteiger charge is 2.13. The number of methoxy groups -OCH3 is 1. The van der Waals surface area contributed by atoms with Crippen molar-refractivity contribution >= 4 is 29.9 Å². The number of aromatic nitrogens is 1. The molecule has 0 aliphatic heterocycles. The van der Waals surface area contributed by atoms with Crippen LogP contribution in [0.25, 0.3) is 0 Å². The van der Waals surface area contributed by atoms with E-state index in [1.54, 1.807) is 7.11 Å². The van der Waals surface area contributed by atoms with Crippen LogP contribution in [-0.2, 0) is 19.4 Å². The fraction of sp³-hybridized carbons (Fsp3) is 0.524. The zero-order valence-electron chi connectivity index (χ0n) is 17.8. The molecule has 2 N–H and O–H groups in total. The van der Waals surface area contributed by atoms with Crippen molar-refractivity contribution in [2.75, 3.05) is 26.8 Å². The third-order valence-electron chi connectivity index (χ3n) is 4.29. The summed E-state index contributed by atoms with van der Waals surface area (Å²) in [5, 5.41) is 10.8. The molecule has 162 valence electrons. The van der Waals surface area contributed by atoms with Gasteiger partial charge in [0.15, 0.2) is 5.96 Å². The van der Waals surface area contributed by atoms with Crippen molar-refractivity contribution < 1.29 is 14.0 Å². The van der Waals surface area contributed by atoms with Gasteiger partial charge in [0.05, 0.1) is 26.0 Å². The molecule has 29 heavy (non-hydrogen) atoms. The van der Waals surface area contributed by atoms with E-state index in [4.69, 9.17) is 14.0 Å². The fourth-order valence-corrected chi connectivity index (χ4v) is 2.76. The lowest BCUT2D eigenvalue weighted by molar-refractivity contribution is 0.310. The average molecular weight is 516 g/mol. The molecule has 0 bridgehead atoms. The van der Waals surface area contributed by atoms with Gasteiger partial charge in [-0.25, -0.2) is 4.99 Å². The van der Waals surface area contributed by atoms with Gasteiger partial charge in [-0.2, -0.15) is 0 Å². The number of nitrogens with zero attached hydrogens (tertiary/aromatic N) is 2. The van der Waals surface area contributed by atoms with Gasteiger partial charge in [0.1, 0.15) is 17.3 Å². The molecule has 0 saturated carbocycles. The SMILES string of the molecule is CCNC(=NCc1c(CC)noc1CC)NCCCOc1ccc(OC)cc1.I. The number of halogens is 1. The molecule has 0 atom stereocenters. The normalized spacial score (nSPS) is 11.0. The standard InChI is InChI=1S/C21H32N4O3.HI/c1-5-19-18(20(6-2)28-25-19)15-24-21(22-7-3)23-13-8-14-27-17-11-9-16(26-4)10-12-17;/h9-12H,5-8,13-15H2,1-4H3,(H2,22,23,24);1H. The van der Waals surface area contributed by atoms with Gasteiger partial charge in [0, 0.05) is 25.1 Å². The minimum absolute atomic E-state index is 0. The molecule has 7 nitrogen and oxygen atoms in total. The molecule has 0 aliphatic carbocycles. The van der Waals surface area contributed by atoms with Gasteiger partial charge in [-0.05, 0) is 44.0 Å². The molecular weight excluding hydrogens is 483 g/mol. The molecule has 1 heterocycles. The number of hydrogen-bond acceptors (Lipinski definition) is 5. The van der Waals surface area contributed by atoms with Crippen molar-refractivity contribution in [1.29, 1.82) is 0 Å². The van der Waals surface area contributed by atoms with Crippen molar-refractivity contribution in [3.63, 3.8) is 0 Å². The molecule has 8 heteroatoms. The molecule has 1 aromatic carbocycles. The van der Waals surface area contributed by atoms with Crippen molar-refractivity contribution in [1.82, 2.24) is 15.8 Å². The van der Waals surface area contributed by atoms with Crippen molar-refractivity contribution in [2.24, 2.45) is 4.99 Å². The Labute approximate surface area is 190 Å². The topological polar surface area (TPSA) is 80.9 Å². The molecule has 0 aliphatic rings. The summed E-state index contributed by atoms with van der Waals surface area (Å²) in [6.45, 7) is 8.97. The number of guanidine groups is 1. The lowest BCUT2D eigenvalue weighted by Gasteiger charge is -2.12. The summed E-state index contributed by atoms with van der Waals surface area (Å²) in [7, 11) is 1.65. The van der Waals surface area contributed by atoms with E-state index in [-0.39, 0.29) is 24.0 Å². The van der Waals surface area contributed by atoms with E-state index in [2.05, 4.69) is 41.6 Å². The Kier molecular flexibility index (Phi) is 12.2. The number of rotatable bonds is 11. The molecule has 0 spiro atoms. The summed E-state index contributed by atoms with van der Waals surface area (Å²) >= 11 is 0. The van der Waals surface area contributed by atoms with Gasteiger partial charge >= 0.3 is 0 Å². The quantitative estimate of drug-likeness (QED) is 0.204. The predicted octanol–water partition coefficient (Wildman–Crippen LogP) is 3.95. The first kappa shape index (κ1) is 25.1. The van der Waals surface area contributed by atoms with Crippen LogP contribution < -0.4 is 20.1 Å². The average Bonchev–Trinajstić information content (AvgIpc) is 3.14. The molecule has 0 fully saturated rings. The zero-order valence-corrected chi connectivity index (χ0v) is 20.1. The Morgan fingerprint density at radius 2 is 1.79 bits per heavy atom. The van der Waals surface area contributed by atoms with Crippen LogP contribution in [0.3, 0.4) is 0 Å². The van der Waals surface area contributed by atoms with Gasteiger partial charge in [0.2, 0.25) is 0 Å². The van der Waals surface area contributed by atoms with Crippen LogP contribution in [0.5, 0.6) is 11.5 Å². The Morgan fingerprint density at radius 1 is 1.07 bits per heavy atom. The maximum atomic E-state index is 5.75. The third kappa shape index (κ3) is 8.12. The first-order chi connectivity index (χ1) is 13.7. The number of benzene rings is 1. The van der Waals surface area contributed by atoms with E-state index >= 15 is 0 Å². The summed E-state index contributed by atoms with van der Waals surface area (Å²) in [4.78, 5) is 4.69. The Hall–Kier alpha value is -1.97. The fourth-order valence-electron chi connectivity index (χ4n) is 2.76. The molecule has 0 saturated heterocycles. The second-order valence-corrected chi connectivity index (χ2v) is 6.24. The second kappa shape index (κ2) is 14.1. The smallest absolute Gasteiger partial charge is 0.191 e. The van der Waals surface area contributed by atoms with Crippen LogP contribution >= 0.6 is 24.0 Å². The molecular formula is C21H33IN4O3. The minimum atomic E-state index is 0. The van der Waals surface area contributed by atoms with E-state index in [0.717, 1.165) is 66.8 Å². The number of nitrogens with one attached hydrogen (secondary N) is 2. The summed E-state index contributed by atoms with van der Waals surface area (Å²) in [6, 6.07) is 7.60. The third-order valence-corrected chi connectivity index (χ3v) is 4.29. The van der Waals surface area contributed by atoms with Crippen LogP contribution in [0, 0.1) is 0 Å². The van der Waals surface area contributed by atoms with Crippen LogP contribution in [-0.4, -0.2) is 37.9 Å². The van der Waals surface area contributed by atoms with Gasteiger partial charge in [-0.1, -0.05) is 19.0 Å². The summed E-state index contributed by atoms with van der Waals surface area (Å²) in [6.07, 6.45) is 2.54. The first-order valence-corrected chi connectivity index (χ1v) is 9.97. The Balaban J connectivity index is 0.00000420. The highest BCUT2D eigenvalue weighted by molar-refractivity contribution is 14.0. The number of aliphatic imine (C=N–C) groups is 1. The van der Waals surface area contributed by atoms with Gasteiger partial charge in [0.25, 0.3) is 0 Å². The molecule has 1 aromatic heterocycles. The number of hydrogen-bond donors (Lipinski definition) is 2. The van der Waals surface area contributed by atoms with Gasteiger partial charge in [-0.3, -0.25) is 0 Å². The highest BCUT2D eigenvalue weighted by Crippen LogP contribution is 2.17. The van der Waals surface area contributed by atoms with Crippen molar-refractivity contribution in [2.45, 2.75) is 46.6 Å². The van der Waals surface area contributed by atoms with E-state index in [9.17, 15) is 0 Å². The highest BCUT2D eigenvalue weighted by atomic mass is 127. The van der Waals surface area contributed by atoms with E-state index in [1.807, 2.05) is 24.3 Å². The van der Waals surface area contributed by atoms with E-state index in [0.29, 0.717) is 13.2 Å². The van der Waals surface area contributed by atoms with Gasteiger partial charge < -0.3 is 24.6 Å². The Bertz CT molecular complexity index is 711.